The molecule has 0 N–H and O–H groups in total. The predicted octanol–water partition coefficient (Wildman–Crippen LogP) is 2.87. The highest BCUT2D eigenvalue weighted by Gasteiger charge is 2.30. The normalized spacial score (nSPS) is 18.1. The molecule has 0 aliphatic carbocycles. The fourth-order valence-electron chi connectivity index (χ4n) is 1.92. The van der Waals surface area contributed by atoms with Gasteiger partial charge in [-0.25, -0.2) is 14.2 Å². The lowest BCUT2D eigenvalue weighted by Gasteiger charge is -2.01. The Morgan fingerprint density at radius 3 is 2.37 bits per heavy atom. The van der Waals surface area contributed by atoms with Gasteiger partial charge in [-0.15, -0.1) is 0 Å². The van der Waals surface area contributed by atoms with Crippen LogP contribution in [0.3, 0.4) is 0 Å². The Hall–Kier alpha value is -2.49. The number of rotatable bonds is 2. The molecule has 0 bridgehead atoms. The number of benzene rings is 2. The number of hydrogen-bond acceptors (Lipinski definition) is 3. The van der Waals surface area contributed by atoms with Gasteiger partial charge in [-0.2, -0.15) is 0 Å². The summed E-state index contributed by atoms with van der Waals surface area (Å²) in [5.74, 6) is -0.516. The number of aliphatic imine (C=N–C) groups is 1. The summed E-state index contributed by atoms with van der Waals surface area (Å²) >= 11 is 0. The molecule has 1 heterocycles. The maximum atomic E-state index is 12.8. The highest BCUT2D eigenvalue weighted by Crippen LogP contribution is 2.26. The van der Waals surface area contributed by atoms with Crippen LogP contribution >= 0.6 is 0 Å². The Kier molecular flexibility index (Phi) is 2.83. The van der Waals surface area contributed by atoms with Crippen molar-refractivity contribution < 1.29 is 13.9 Å². The molecule has 1 aliphatic heterocycles. The third-order valence-corrected chi connectivity index (χ3v) is 2.87. The van der Waals surface area contributed by atoms with Crippen LogP contribution in [-0.4, -0.2) is 11.9 Å². The summed E-state index contributed by atoms with van der Waals surface area (Å²) in [5, 5.41) is 0. The lowest BCUT2D eigenvalue weighted by atomic mass is 10.1. The van der Waals surface area contributed by atoms with Gasteiger partial charge >= 0.3 is 5.97 Å². The molecule has 4 heteroatoms. The van der Waals surface area contributed by atoms with E-state index in [4.69, 9.17) is 4.74 Å². The van der Waals surface area contributed by atoms with Gasteiger partial charge < -0.3 is 4.74 Å². The van der Waals surface area contributed by atoms with Crippen molar-refractivity contribution >= 4 is 11.9 Å². The number of nitrogens with zero attached hydrogens (tertiary/aromatic N) is 1. The molecule has 1 unspecified atom stereocenters. The number of esters is 1. The molecule has 0 radical (unpaired) electrons. The van der Waals surface area contributed by atoms with Crippen molar-refractivity contribution in [3.63, 3.8) is 0 Å². The smallest absolute Gasteiger partial charge is 0.342 e. The highest BCUT2D eigenvalue weighted by atomic mass is 19.1. The molecule has 94 valence electrons. The fraction of sp³-hybridized carbons (Fsp3) is 0.0667. The number of hydrogen-bond donors (Lipinski definition) is 0. The Morgan fingerprint density at radius 1 is 1.00 bits per heavy atom. The molecule has 2 aromatic rings. The van der Waals surface area contributed by atoms with Crippen LogP contribution in [0.4, 0.5) is 4.39 Å². The largest absolute Gasteiger partial charge is 0.405 e. The van der Waals surface area contributed by atoms with E-state index in [-0.39, 0.29) is 11.7 Å². The van der Waals surface area contributed by atoms with Crippen molar-refractivity contribution in [1.82, 2.24) is 0 Å². The average Bonchev–Trinajstić information content (AvgIpc) is 2.83. The second-order valence-corrected chi connectivity index (χ2v) is 4.18. The molecule has 2 aromatic carbocycles. The highest BCUT2D eigenvalue weighted by molar-refractivity contribution is 6.06. The SMILES string of the molecule is O=C1OC(c2ccc(F)cc2)=NC1c1ccccc1. The van der Waals surface area contributed by atoms with Gasteiger partial charge in [-0.3, -0.25) is 0 Å². The molecule has 1 atom stereocenters. The van der Waals surface area contributed by atoms with Crippen LogP contribution in [0.25, 0.3) is 0 Å². The van der Waals surface area contributed by atoms with E-state index in [9.17, 15) is 9.18 Å². The summed E-state index contributed by atoms with van der Waals surface area (Å²) in [6.45, 7) is 0. The van der Waals surface area contributed by atoms with Crippen LogP contribution in [0.2, 0.25) is 0 Å². The molecule has 0 aromatic heterocycles. The Bertz CT molecular complexity index is 635. The van der Waals surface area contributed by atoms with E-state index in [1.165, 1.54) is 24.3 Å². The topological polar surface area (TPSA) is 38.7 Å². The van der Waals surface area contributed by atoms with E-state index in [2.05, 4.69) is 4.99 Å². The van der Waals surface area contributed by atoms with E-state index < -0.39 is 12.0 Å². The quantitative estimate of drug-likeness (QED) is 0.774. The second kappa shape index (κ2) is 4.65. The van der Waals surface area contributed by atoms with Crippen LogP contribution < -0.4 is 0 Å². The molecule has 0 spiro atoms. The summed E-state index contributed by atoms with van der Waals surface area (Å²) in [6.07, 6.45) is 0. The summed E-state index contributed by atoms with van der Waals surface area (Å²) in [6, 6.07) is 14.2. The summed E-state index contributed by atoms with van der Waals surface area (Å²) < 4.78 is 18.0. The second-order valence-electron chi connectivity index (χ2n) is 4.18. The molecule has 0 amide bonds. The fourth-order valence-corrected chi connectivity index (χ4v) is 1.92. The number of carbonyl (C=O) groups is 1. The van der Waals surface area contributed by atoms with E-state index in [0.29, 0.717) is 5.56 Å². The van der Waals surface area contributed by atoms with Gasteiger partial charge in [-0.05, 0) is 29.8 Å². The van der Waals surface area contributed by atoms with Crippen molar-refractivity contribution in [1.29, 1.82) is 0 Å². The predicted molar refractivity (Wildman–Crippen MR) is 68.2 cm³/mol. The summed E-state index contributed by atoms with van der Waals surface area (Å²) in [7, 11) is 0. The van der Waals surface area contributed by atoms with Crippen LogP contribution in [-0.2, 0) is 9.53 Å². The summed E-state index contributed by atoms with van der Waals surface area (Å²) in [4.78, 5) is 16.1. The van der Waals surface area contributed by atoms with Gasteiger partial charge in [0.2, 0.25) is 5.90 Å². The lowest BCUT2D eigenvalue weighted by molar-refractivity contribution is -0.135. The minimum absolute atomic E-state index is 0.235. The van der Waals surface area contributed by atoms with Crippen LogP contribution in [0.15, 0.2) is 59.6 Å². The van der Waals surface area contributed by atoms with Crippen LogP contribution in [0.5, 0.6) is 0 Å². The van der Waals surface area contributed by atoms with E-state index in [1.54, 1.807) is 0 Å². The van der Waals surface area contributed by atoms with Gasteiger partial charge in [0.25, 0.3) is 0 Å². The molecule has 0 saturated carbocycles. The summed E-state index contributed by atoms with van der Waals surface area (Å²) in [5.41, 5.74) is 1.37. The minimum atomic E-state index is -0.638. The van der Waals surface area contributed by atoms with E-state index in [1.807, 2.05) is 30.3 Å². The van der Waals surface area contributed by atoms with Gasteiger partial charge in [0, 0.05) is 5.56 Å². The van der Waals surface area contributed by atoms with Crippen molar-refractivity contribution in [2.24, 2.45) is 4.99 Å². The third kappa shape index (κ3) is 2.25. The van der Waals surface area contributed by atoms with Crippen molar-refractivity contribution in [2.45, 2.75) is 6.04 Å². The first kappa shape index (κ1) is 11.6. The molecular weight excluding hydrogens is 245 g/mol. The molecule has 3 nitrogen and oxygen atoms in total. The molecule has 3 rings (SSSR count). The zero-order valence-electron chi connectivity index (χ0n) is 9.92. The van der Waals surface area contributed by atoms with Gasteiger partial charge in [-0.1, -0.05) is 30.3 Å². The maximum Gasteiger partial charge on any atom is 0.342 e. The number of carbonyl (C=O) groups excluding carboxylic acids is 1. The Morgan fingerprint density at radius 2 is 1.68 bits per heavy atom. The van der Waals surface area contributed by atoms with Crippen LogP contribution in [0, 0.1) is 5.82 Å². The number of halogens is 1. The Balaban J connectivity index is 1.93. The van der Waals surface area contributed by atoms with Gasteiger partial charge in [0.1, 0.15) is 5.82 Å². The first-order chi connectivity index (χ1) is 9.24. The zero-order chi connectivity index (χ0) is 13.2. The van der Waals surface area contributed by atoms with E-state index in [0.717, 1.165) is 5.56 Å². The van der Waals surface area contributed by atoms with Gasteiger partial charge in [0.15, 0.2) is 6.04 Å². The number of ether oxygens (including phenoxy) is 1. The third-order valence-electron chi connectivity index (χ3n) is 2.87. The molecular formula is C15H10FNO2. The first-order valence-electron chi connectivity index (χ1n) is 5.84. The molecule has 0 fully saturated rings. The van der Waals surface area contributed by atoms with Crippen molar-refractivity contribution in [2.75, 3.05) is 0 Å². The van der Waals surface area contributed by atoms with Crippen molar-refractivity contribution in [3.8, 4) is 0 Å². The standard InChI is InChI=1S/C15H10FNO2/c16-12-8-6-11(7-9-12)14-17-13(15(18)19-14)10-4-2-1-3-5-10/h1-9,13H. The monoisotopic (exact) mass is 255 g/mol. The first-order valence-corrected chi connectivity index (χ1v) is 5.84. The average molecular weight is 255 g/mol. The van der Waals surface area contributed by atoms with Crippen molar-refractivity contribution in [3.05, 3.63) is 71.5 Å². The molecule has 19 heavy (non-hydrogen) atoms. The Labute approximate surface area is 109 Å². The van der Waals surface area contributed by atoms with Gasteiger partial charge in [0.05, 0.1) is 0 Å². The molecule has 1 aliphatic rings. The number of cyclic esters (lactones) is 1. The lowest BCUT2D eigenvalue weighted by Crippen LogP contribution is -2.08. The van der Waals surface area contributed by atoms with Crippen LogP contribution in [0.1, 0.15) is 17.2 Å². The molecule has 0 saturated heterocycles. The zero-order valence-corrected chi connectivity index (χ0v) is 9.92. The minimum Gasteiger partial charge on any atom is -0.405 e. The maximum absolute atomic E-state index is 12.8. The van der Waals surface area contributed by atoms with E-state index >= 15 is 0 Å².